The molecule has 3 heterocycles. The van der Waals surface area contributed by atoms with Crippen LogP contribution in [-0.4, -0.2) is 46.5 Å². The number of aromatic nitrogens is 2. The van der Waals surface area contributed by atoms with Crippen LogP contribution in [0.2, 0.25) is 0 Å². The van der Waals surface area contributed by atoms with E-state index in [0.29, 0.717) is 26.2 Å². The van der Waals surface area contributed by atoms with Crippen molar-refractivity contribution in [2.24, 2.45) is 0 Å². The monoisotopic (exact) mass is 440 g/mol. The van der Waals surface area contributed by atoms with Crippen LogP contribution >= 0.6 is 11.3 Å². The number of rotatable bonds is 3. The number of amides is 1. The summed E-state index contributed by atoms with van der Waals surface area (Å²) in [4.78, 5) is 36.6. The lowest BCUT2D eigenvalue weighted by Crippen LogP contribution is -2.50. The lowest BCUT2D eigenvalue weighted by atomic mass is 10.1. The summed E-state index contributed by atoms with van der Waals surface area (Å²) in [5.74, 6) is -0.320. The van der Waals surface area contributed by atoms with Gasteiger partial charge in [0.05, 0.1) is 11.7 Å². The Labute approximate surface area is 183 Å². The number of benzene rings is 1. The molecule has 1 aliphatic heterocycles. The number of aryl methyl sites for hydroxylation is 2. The molecule has 1 aliphatic carbocycles. The molecule has 0 unspecified atom stereocenters. The summed E-state index contributed by atoms with van der Waals surface area (Å²) in [7, 11) is 0. The van der Waals surface area contributed by atoms with Gasteiger partial charge in [-0.2, -0.15) is 0 Å². The molecule has 2 aromatic heterocycles. The van der Waals surface area contributed by atoms with Crippen molar-refractivity contribution in [1.82, 2.24) is 14.5 Å². The minimum atomic E-state index is -0.254. The Hall–Kier alpha value is -2.74. The second kappa shape index (κ2) is 8.42. The summed E-state index contributed by atoms with van der Waals surface area (Å²) < 4.78 is 14.6. The predicted molar refractivity (Wildman–Crippen MR) is 120 cm³/mol. The van der Waals surface area contributed by atoms with Crippen molar-refractivity contribution < 1.29 is 9.18 Å². The summed E-state index contributed by atoms with van der Waals surface area (Å²) in [6.45, 7) is 2.54. The molecule has 0 N–H and O–H groups in total. The molecule has 1 fully saturated rings. The second-order valence-corrected chi connectivity index (χ2v) is 9.35. The Morgan fingerprint density at radius 3 is 2.55 bits per heavy atom. The van der Waals surface area contributed by atoms with Gasteiger partial charge in [-0.15, -0.1) is 11.3 Å². The van der Waals surface area contributed by atoms with Crippen LogP contribution in [0.4, 0.5) is 10.1 Å². The maximum Gasteiger partial charge on any atom is 0.262 e. The number of hydrogen-bond acceptors (Lipinski definition) is 5. The van der Waals surface area contributed by atoms with Gasteiger partial charge in [-0.05, 0) is 55.5 Å². The zero-order chi connectivity index (χ0) is 21.4. The standard InChI is InChI=1S/C23H25FN4O2S/c24-16-6-8-17(9-7-16)26-10-12-27(13-11-26)20(29)14-28-15-25-22-21(23(28)30)18-4-2-1-3-5-19(18)31-22/h6-9,15H,1-5,10-14H2. The van der Waals surface area contributed by atoms with E-state index in [-0.39, 0.29) is 23.8 Å². The van der Waals surface area contributed by atoms with Crippen molar-refractivity contribution in [2.75, 3.05) is 31.1 Å². The van der Waals surface area contributed by atoms with Crippen LogP contribution in [0, 0.1) is 5.82 Å². The van der Waals surface area contributed by atoms with Gasteiger partial charge in [-0.1, -0.05) is 6.42 Å². The molecule has 5 rings (SSSR count). The largest absolute Gasteiger partial charge is 0.368 e. The van der Waals surface area contributed by atoms with Gasteiger partial charge in [-0.25, -0.2) is 9.37 Å². The van der Waals surface area contributed by atoms with E-state index in [1.807, 2.05) is 0 Å². The number of carbonyl (C=O) groups excluding carboxylic acids is 1. The van der Waals surface area contributed by atoms with Gasteiger partial charge in [0.2, 0.25) is 5.91 Å². The van der Waals surface area contributed by atoms with E-state index in [1.54, 1.807) is 28.4 Å². The van der Waals surface area contributed by atoms with Gasteiger partial charge in [0, 0.05) is 36.7 Å². The van der Waals surface area contributed by atoms with Gasteiger partial charge in [0.1, 0.15) is 17.2 Å². The maximum atomic E-state index is 13.2. The molecule has 0 radical (unpaired) electrons. The highest BCUT2D eigenvalue weighted by atomic mass is 32.1. The van der Waals surface area contributed by atoms with Crippen LogP contribution in [-0.2, 0) is 24.2 Å². The SMILES string of the molecule is O=C(Cn1cnc2sc3c(c2c1=O)CCCCC3)N1CCN(c2ccc(F)cc2)CC1. The molecular weight excluding hydrogens is 415 g/mol. The van der Waals surface area contributed by atoms with Gasteiger partial charge < -0.3 is 9.80 Å². The topological polar surface area (TPSA) is 58.4 Å². The smallest absolute Gasteiger partial charge is 0.262 e. The Kier molecular flexibility index (Phi) is 5.48. The molecule has 31 heavy (non-hydrogen) atoms. The molecule has 1 amide bonds. The summed E-state index contributed by atoms with van der Waals surface area (Å²) in [5.41, 5.74) is 2.02. The molecule has 3 aromatic rings. The lowest BCUT2D eigenvalue weighted by molar-refractivity contribution is -0.132. The summed E-state index contributed by atoms with van der Waals surface area (Å²) in [5, 5.41) is 0.721. The number of thiophene rings is 1. The van der Waals surface area contributed by atoms with E-state index in [0.717, 1.165) is 47.2 Å². The van der Waals surface area contributed by atoms with Crippen LogP contribution in [0.3, 0.4) is 0 Å². The normalized spacial score (nSPS) is 16.9. The Bertz CT molecular complexity index is 1160. The molecule has 0 saturated carbocycles. The van der Waals surface area contributed by atoms with Crippen LogP contribution in [0.1, 0.15) is 29.7 Å². The van der Waals surface area contributed by atoms with Crippen LogP contribution in [0.5, 0.6) is 0 Å². The molecule has 1 saturated heterocycles. The van der Waals surface area contributed by atoms with Crippen LogP contribution < -0.4 is 10.5 Å². The lowest BCUT2D eigenvalue weighted by Gasteiger charge is -2.36. The van der Waals surface area contributed by atoms with Gasteiger partial charge >= 0.3 is 0 Å². The average Bonchev–Trinajstić information content (AvgIpc) is 2.98. The quantitative estimate of drug-likeness (QED) is 0.587. The first kappa shape index (κ1) is 20.2. The molecule has 8 heteroatoms. The van der Waals surface area contributed by atoms with E-state index in [1.165, 1.54) is 34.3 Å². The Morgan fingerprint density at radius 1 is 1.03 bits per heavy atom. The van der Waals surface area contributed by atoms with Gasteiger partial charge in [0.15, 0.2) is 0 Å². The molecule has 0 bridgehead atoms. The molecule has 0 atom stereocenters. The van der Waals surface area contributed by atoms with Crippen molar-refractivity contribution in [1.29, 1.82) is 0 Å². The fourth-order valence-corrected chi connectivity index (χ4v) is 5.80. The number of carbonyl (C=O) groups is 1. The third kappa shape index (κ3) is 3.96. The van der Waals surface area contributed by atoms with E-state index < -0.39 is 0 Å². The zero-order valence-corrected chi connectivity index (χ0v) is 18.2. The highest BCUT2D eigenvalue weighted by Gasteiger charge is 2.23. The van der Waals surface area contributed by atoms with E-state index in [2.05, 4.69) is 9.88 Å². The first-order valence-corrected chi connectivity index (χ1v) is 11.7. The molecule has 6 nitrogen and oxygen atoms in total. The van der Waals surface area contributed by atoms with E-state index in [4.69, 9.17) is 0 Å². The van der Waals surface area contributed by atoms with Crippen molar-refractivity contribution in [3.63, 3.8) is 0 Å². The molecule has 1 aromatic carbocycles. The molecular formula is C23H25FN4O2S. The maximum absolute atomic E-state index is 13.2. The number of piperazine rings is 1. The first-order valence-electron chi connectivity index (χ1n) is 10.9. The Balaban J connectivity index is 1.29. The van der Waals surface area contributed by atoms with Crippen molar-refractivity contribution in [3.8, 4) is 0 Å². The van der Waals surface area contributed by atoms with Crippen molar-refractivity contribution in [3.05, 3.63) is 57.2 Å². The number of anilines is 1. The summed E-state index contributed by atoms with van der Waals surface area (Å²) in [6.07, 6.45) is 6.93. The highest BCUT2D eigenvalue weighted by Crippen LogP contribution is 2.32. The summed E-state index contributed by atoms with van der Waals surface area (Å²) in [6, 6.07) is 6.43. The highest BCUT2D eigenvalue weighted by molar-refractivity contribution is 7.18. The number of nitrogens with zero attached hydrogens (tertiary/aromatic N) is 4. The first-order chi connectivity index (χ1) is 15.1. The zero-order valence-electron chi connectivity index (χ0n) is 17.3. The number of halogens is 1. The average molecular weight is 441 g/mol. The molecule has 162 valence electrons. The van der Waals surface area contributed by atoms with Crippen LogP contribution in [0.25, 0.3) is 10.2 Å². The Morgan fingerprint density at radius 2 is 1.77 bits per heavy atom. The predicted octanol–water partition coefficient (Wildman–Crippen LogP) is 3.21. The fraction of sp³-hybridized carbons (Fsp3) is 0.435. The molecule has 0 spiro atoms. The third-order valence-corrected chi connectivity index (χ3v) is 7.52. The van der Waals surface area contributed by atoms with Crippen molar-refractivity contribution >= 4 is 33.1 Å². The van der Waals surface area contributed by atoms with E-state index >= 15 is 0 Å². The van der Waals surface area contributed by atoms with E-state index in [9.17, 15) is 14.0 Å². The van der Waals surface area contributed by atoms with Crippen LogP contribution in [0.15, 0.2) is 35.4 Å². The molecule has 2 aliphatic rings. The fourth-order valence-electron chi connectivity index (χ4n) is 4.58. The van der Waals surface area contributed by atoms with Gasteiger partial charge in [0.25, 0.3) is 5.56 Å². The van der Waals surface area contributed by atoms with Crippen molar-refractivity contribution in [2.45, 2.75) is 38.6 Å². The second-order valence-electron chi connectivity index (χ2n) is 8.27. The minimum absolute atomic E-state index is 0.0168. The number of hydrogen-bond donors (Lipinski definition) is 0. The third-order valence-electron chi connectivity index (χ3n) is 6.32. The number of fused-ring (bicyclic) bond motifs is 3. The summed E-state index contributed by atoms with van der Waals surface area (Å²) >= 11 is 1.63. The van der Waals surface area contributed by atoms with Gasteiger partial charge in [-0.3, -0.25) is 14.2 Å². The minimum Gasteiger partial charge on any atom is -0.368 e.